The Kier molecular flexibility index (Phi) is 7.23. The van der Waals surface area contributed by atoms with Crippen molar-refractivity contribution in [3.05, 3.63) is 54.1 Å². The number of aryl methyl sites for hydroxylation is 1. The molecule has 0 aliphatic rings. The molecule has 30 heavy (non-hydrogen) atoms. The summed E-state index contributed by atoms with van der Waals surface area (Å²) in [7, 11) is -3.61. The molecule has 0 saturated heterocycles. The quantitative estimate of drug-likeness (QED) is 0.532. The number of nitrogens with one attached hydrogen (secondary N) is 1. The standard InChI is InChI=1S/C22H30N4O3S/c1-5-29-15-19(12-16(2)3)25-30(27,28)20-8-6-18(7-9-20)14-26-17(4)24-21-13-23-11-10-22(21)26/h6-11,13,16,19,25H,5,12,14-15H2,1-4H3. The lowest BCUT2D eigenvalue weighted by atomic mass is 10.1. The van der Waals surface area contributed by atoms with Gasteiger partial charge in [-0.1, -0.05) is 26.0 Å². The molecule has 7 nitrogen and oxygen atoms in total. The predicted octanol–water partition coefficient (Wildman–Crippen LogP) is 3.52. The van der Waals surface area contributed by atoms with Gasteiger partial charge < -0.3 is 9.30 Å². The lowest BCUT2D eigenvalue weighted by molar-refractivity contribution is 0.122. The van der Waals surface area contributed by atoms with Crippen molar-refractivity contribution < 1.29 is 13.2 Å². The van der Waals surface area contributed by atoms with E-state index >= 15 is 0 Å². The van der Waals surface area contributed by atoms with Crippen molar-refractivity contribution in [2.75, 3.05) is 13.2 Å². The van der Waals surface area contributed by atoms with Gasteiger partial charge in [-0.25, -0.2) is 18.1 Å². The Balaban J connectivity index is 1.75. The van der Waals surface area contributed by atoms with Crippen LogP contribution in [0.15, 0.2) is 47.6 Å². The predicted molar refractivity (Wildman–Crippen MR) is 118 cm³/mol. The molecule has 1 unspecified atom stereocenters. The summed E-state index contributed by atoms with van der Waals surface area (Å²) in [4.78, 5) is 8.90. The highest BCUT2D eigenvalue weighted by Crippen LogP contribution is 2.18. The Morgan fingerprint density at radius 1 is 1.17 bits per heavy atom. The van der Waals surface area contributed by atoms with Gasteiger partial charge >= 0.3 is 0 Å². The SMILES string of the molecule is CCOCC(CC(C)C)NS(=O)(=O)c1ccc(Cn2c(C)nc3cnccc32)cc1. The number of rotatable bonds is 10. The normalized spacial score (nSPS) is 13.2. The Bertz CT molecular complexity index is 1080. The van der Waals surface area contributed by atoms with Crippen molar-refractivity contribution >= 4 is 21.1 Å². The summed E-state index contributed by atoms with van der Waals surface area (Å²) in [6.07, 6.45) is 4.21. The van der Waals surface area contributed by atoms with Gasteiger partial charge in [-0.05, 0) is 49.9 Å². The molecule has 0 fully saturated rings. The first-order chi connectivity index (χ1) is 14.3. The number of sulfonamides is 1. The van der Waals surface area contributed by atoms with E-state index in [1.54, 1.807) is 24.5 Å². The van der Waals surface area contributed by atoms with E-state index in [1.807, 2.05) is 32.0 Å². The highest BCUT2D eigenvalue weighted by Gasteiger charge is 2.21. The molecule has 1 N–H and O–H groups in total. The third-order valence-corrected chi connectivity index (χ3v) is 6.45. The molecule has 2 aromatic heterocycles. The third-order valence-electron chi connectivity index (χ3n) is 4.92. The number of hydrogen-bond donors (Lipinski definition) is 1. The molecule has 2 heterocycles. The largest absolute Gasteiger partial charge is 0.380 e. The van der Waals surface area contributed by atoms with Crippen LogP contribution in [0.1, 0.15) is 38.6 Å². The summed E-state index contributed by atoms with van der Waals surface area (Å²) in [6, 6.07) is 8.69. The minimum Gasteiger partial charge on any atom is -0.380 e. The summed E-state index contributed by atoms with van der Waals surface area (Å²) >= 11 is 0. The fourth-order valence-electron chi connectivity index (χ4n) is 3.53. The summed E-state index contributed by atoms with van der Waals surface area (Å²) in [5.41, 5.74) is 2.86. The summed E-state index contributed by atoms with van der Waals surface area (Å²) in [5, 5.41) is 0. The van der Waals surface area contributed by atoms with Crippen molar-refractivity contribution in [2.45, 2.75) is 51.6 Å². The van der Waals surface area contributed by atoms with Crippen LogP contribution in [-0.2, 0) is 21.3 Å². The molecule has 3 aromatic rings. The Morgan fingerprint density at radius 2 is 1.90 bits per heavy atom. The molecule has 0 amide bonds. The Morgan fingerprint density at radius 3 is 2.57 bits per heavy atom. The zero-order chi connectivity index (χ0) is 21.7. The molecule has 1 atom stereocenters. The van der Waals surface area contributed by atoms with Crippen LogP contribution in [0.3, 0.4) is 0 Å². The maximum Gasteiger partial charge on any atom is 0.240 e. The zero-order valence-electron chi connectivity index (χ0n) is 18.0. The molecular formula is C22H30N4O3S. The van der Waals surface area contributed by atoms with Crippen LogP contribution < -0.4 is 4.72 Å². The summed E-state index contributed by atoms with van der Waals surface area (Å²) in [6.45, 7) is 9.54. The smallest absolute Gasteiger partial charge is 0.240 e. The van der Waals surface area contributed by atoms with Crippen molar-refractivity contribution in [1.29, 1.82) is 0 Å². The molecule has 0 aliphatic carbocycles. The second-order valence-electron chi connectivity index (χ2n) is 7.86. The van der Waals surface area contributed by atoms with Gasteiger partial charge in [-0.3, -0.25) is 4.98 Å². The minimum absolute atomic E-state index is 0.247. The minimum atomic E-state index is -3.61. The van der Waals surface area contributed by atoms with E-state index in [-0.39, 0.29) is 10.9 Å². The van der Waals surface area contributed by atoms with Gasteiger partial charge in [-0.2, -0.15) is 0 Å². The number of benzene rings is 1. The number of ether oxygens (including phenoxy) is 1. The van der Waals surface area contributed by atoms with E-state index in [9.17, 15) is 8.42 Å². The van der Waals surface area contributed by atoms with Gasteiger partial charge in [0.1, 0.15) is 11.3 Å². The second kappa shape index (κ2) is 9.68. The lowest BCUT2D eigenvalue weighted by Gasteiger charge is -2.20. The summed E-state index contributed by atoms with van der Waals surface area (Å²) in [5.74, 6) is 1.26. The van der Waals surface area contributed by atoms with E-state index in [2.05, 4.69) is 33.1 Å². The lowest BCUT2D eigenvalue weighted by Crippen LogP contribution is -2.39. The molecule has 0 aliphatic heterocycles. The van der Waals surface area contributed by atoms with Gasteiger partial charge in [0.2, 0.25) is 10.0 Å². The molecule has 0 spiro atoms. The van der Waals surface area contributed by atoms with Gasteiger partial charge in [0.25, 0.3) is 0 Å². The van der Waals surface area contributed by atoms with Crippen LogP contribution in [0.2, 0.25) is 0 Å². The van der Waals surface area contributed by atoms with Crippen LogP contribution in [0, 0.1) is 12.8 Å². The van der Waals surface area contributed by atoms with Gasteiger partial charge in [0.15, 0.2) is 0 Å². The van der Waals surface area contributed by atoms with Crippen LogP contribution in [0.5, 0.6) is 0 Å². The fraction of sp³-hybridized carbons (Fsp3) is 0.455. The van der Waals surface area contributed by atoms with E-state index in [4.69, 9.17) is 4.74 Å². The number of pyridine rings is 1. The third kappa shape index (κ3) is 5.44. The van der Waals surface area contributed by atoms with Crippen LogP contribution >= 0.6 is 0 Å². The first-order valence-electron chi connectivity index (χ1n) is 10.3. The van der Waals surface area contributed by atoms with Crippen molar-refractivity contribution in [3.8, 4) is 0 Å². The second-order valence-corrected chi connectivity index (χ2v) is 9.57. The first-order valence-corrected chi connectivity index (χ1v) is 11.7. The highest BCUT2D eigenvalue weighted by atomic mass is 32.2. The van der Waals surface area contributed by atoms with Gasteiger partial charge in [0, 0.05) is 25.4 Å². The van der Waals surface area contributed by atoms with Crippen molar-refractivity contribution in [3.63, 3.8) is 0 Å². The molecule has 8 heteroatoms. The monoisotopic (exact) mass is 430 g/mol. The van der Waals surface area contributed by atoms with Crippen LogP contribution in [-0.4, -0.2) is 42.2 Å². The highest BCUT2D eigenvalue weighted by molar-refractivity contribution is 7.89. The first kappa shape index (κ1) is 22.4. The van der Waals surface area contributed by atoms with Crippen LogP contribution in [0.4, 0.5) is 0 Å². The topological polar surface area (TPSA) is 86.1 Å². The molecule has 1 aromatic carbocycles. The zero-order valence-corrected chi connectivity index (χ0v) is 18.8. The fourth-order valence-corrected chi connectivity index (χ4v) is 4.76. The van der Waals surface area contributed by atoms with E-state index < -0.39 is 10.0 Å². The average Bonchev–Trinajstić information content (AvgIpc) is 3.01. The number of nitrogens with zero attached hydrogens (tertiary/aromatic N) is 3. The van der Waals surface area contributed by atoms with E-state index in [0.29, 0.717) is 25.7 Å². The molecule has 0 bridgehead atoms. The molecule has 0 radical (unpaired) electrons. The number of aromatic nitrogens is 3. The van der Waals surface area contributed by atoms with Crippen molar-refractivity contribution in [1.82, 2.24) is 19.3 Å². The molecule has 162 valence electrons. The maximum atomic E-state index is 12.9. The van der Waals surface area contributed by atoms with Gasteiger partial charge in [-0.15, -0.1) is 0 Å². The van der Waals surface area contributed by atoms with E-state index in [0.717, 1.165) is 28.8 Å². The average molecular weight is 431 g/mol. The summed E-state index contributed by atoms with van der Waals surface area (Å²) < 4.78 is 36.1. The maximum absolute atomic E-state index is 12.9. The molecule has 3 rings (SSSR count). The number of fused-ring (bicyclic) bond motifs is 1. The van der Waals surface area contributed by atoms with Crippen LogP contribution in [0.25, 0.3) is 11.0 Å². The number of imidazole rings is 1. The van der Waals surface area contributed by atoms with E-state index in [1.165, 1.54) is 0 Å². The molecule has 0 saturated carbocycles. The van der Waals surface area contributed by atoms with Gasteiger partial charge in [0.05, 0.1) is 23.2 Å². The number of hydrogen-bond acceptors (Lipinski definition) is 5. The Labute approximate surface area is 178 Å². The van der Waals surface area contributed by atoms with Crippen molar-refractivity contribution in [2.24, 2.45) is 5.92 Å². The molecular weight excluding hydrogens is 400 g/mol. The Hall–Kier alpha value is -2.29.